The number of hydrogen-bond acceptors (Lipinski definition) is 2. The van der Waals surface area contributed by atoms with Crippen LogP contribution in [0.1, 0.15) is 18.9 Å². The maximum Gasteiger partial charge on any atom is 0.127 e. The first-order valence-electron chi connectivity index (χ1n) is 4.81. The second-order valence-corrected chi connectivity index (χ2v) is 3.39. The van der Waals surface area contributed by atoms with E-state index >= 15 is 0 Å². The van der Waals surface area contributed by atoms with E-state index in [1.807, 2.05) is 13.0 Å². The molecular weight excluding hydrogens is 181 g/mol. The van der Waals surface area contributed by atoms with Crippen molar-refractivity contribution in [1.82, 2.24) is 5.32 Å². The molecule has 0 heterocycles. The van der Waals surface area contributed by atoms with Gasteiger partial charge in [-0.25, -0.2) is 4.39 Å². The molecule has 0 bridgehead atoms. The van der Waals surface area contributed by atoms with Crippen LogP contribution < -0.4 is 5.32 Å². The fraction of sp³-hybridized carbons (Fsp3) is 0.455. The van der Waals surface area contributed by atoms with Gasteiger partial charge in [0.25, 0.3) is 0 Å². The second kappa shape index (κ2) is 5.73. The van der Waals surface area contributed by atoms with Gasteiger partial charge in [0, 0.05) is 24.8 Å². The molecule has 0 aromatic heterocycles. The summed E-state index contributed by atoms with van der Waals surface area (Å²) in [4.78, 5) is 0. The summed E-state index contributed by atoms with van der Waals surface area (Å²) < 4.78 is 13.1. The van der Waals surface area contributed by atoms with Gasteiger partial charge in [-0.05, 0) is 19.4 Å². The number of benzene rings is 1. The molecule has 0 radical (unpaired) electrons. The van der Waals surface area contributed by atoms with E-state index in [0.717, 1.165) is 0 Å². The van der Waals surface area contributed by atoms with Crippen molar-refractivity contribution in [3.05, 3.63) is 35.6 Å². The number of nitrogens with one attached hydrogen (secondary N) is 1. The zero-order valence-corrected chi connectivity index (χ0v) is 8.33. The van der Waals surface area contributed by atoms with Crippen LogP contribution in [0.15, 0.2) is 24.3 Å². The Bertz CT molecular complexity index is 278. The lowest BCUT2D eigenvalue weighted by Gasteiger charge is -2.12. The molecular formula is C11H16FNO. The summed E-state index contributed by atoms with van der Waals surface area (Å²) in [5.74, 6) is -0.184. The second-order valence-electron chi connectivity index (χ2n) is 3.39. The van der Waals surface area contributed by atoms with E-state index in [-0.39, 0.29) is 18.5 Å². The smallest absolute Gasteiger partial charge is 0.127 e. The Kier molecular flexibility index (Phi) is 4.56. The Morgan fingerprint density at radius 1 is 1.43 bits per heavy atom. The van der Waals surface area contributed by atoms with E-state index in [4.69, 9.17) is 5.11 Å². The first-order valence-corrected chi connectivity index (χ1v) is 4.81. The minimum absolute atomic E-state index is 0.158. The van der Waals surface area contributed by atoms with Crippen molar-refractivity contribution in [3.8, 4) is 0 Å². The van der Waals surface area contributed by atoms with Crippen LogP contribution in [0, 0.1) is 5.82 Å². The van der Waals surface area contributed by atoms with E-state index in [2.05, 4.69) is 5.32 Å². The molecule has 3 heteroatoms. The van der Waals surface area contributed by atoms with Crippen molar-refractivity contribution in [2.75, 3.05) is 6.61 Å². The van der Waals surface area contributed by atoms with Crippen molar-refractivity contribution >= 4 is 0 Å². The highest BCUT2D eigenvalue weighted by molar-refractivity contribution is 5.16. The average Bonchev–Trinajstić information content (AvgIpc) is 2.17. The summed E-state index contributed by atoms with van der Waals surface area (Å²) in [6.45, 7) is 2.64. The molecule has 2 N–H and O–H groups in total. The SMILES string of the molecule is CC(CCO)NCc1ccccc1F. The van der Waals surface area contributed by atoms with E-state index in [0.29, 0.717) is 18.5 Å². The maximum absolute atomic E-state index is 13.1. The molecule has 1 rings (SSSR count). The van der Waals surface area contributed by atoms with Crippen LogP contribution in [-0.2, 0) is 6.54 Å². The summed E-state index contributed by atoms with van der Waals surface area (Å²) in [5.41, 5.74) is 0.664. The molecule has 1 unspecified atom stereocenters. The van der Waals surface area contributed by atoms with Gasteiger partial charge in [-0.2, -0.15) is 0 Å². The van der Waals surface area contributed by atoms with Gasteiger partial charge in [-0.1, -0.05) is 18.2 Å². The number of rotatable bonds is 5. The quantitative estimate of drug-likeness (QED) is 0.752. The van der Waals surface area contributed by atoms with Gasteiger partial charge < -0.3 is 10.4 Å². The molecule has 1 aromatic rings. The molecule has 1 aromatic carbocycles. The largest absolute Gasteiger partial charge is 0.396 e. The highest BCUT2D eigenvalue weighted by Crippen LogP contribution is 2.06. The Hall–Kier alpha value is -0.930. The van der Waals surface area contributed by atoms with Gasteiger partial charge in [0.1, 0.15) is 5.82 Å². The van der Waals surface area contributed by atoms with Gasteiger partial charge in [0.05, 0.1) is 0 Å². The molecule has 14 heavy (non-hydrogen) atoms. The Morgan fingerprint density at radius 2 is 2.14 bits per heavy atom. The number of hydrogen-bond donors (Lipinski definition) is 2. The molecule has 0 amide bonds. The van der Waals surface area contributed by atoms with Crippen LogP contribution in [0.3, 0.4) is 0 Å². The Labute approximate surface area is 83.8 Å². The molecule has 0 spiro atoms. The zero-order valence-electron chi connectivity index (χ0n) is 8.33. The Morgan fingerprint density at radius 3 is 2.79 bits per heavy atom. The summed E-state index contributed by atoms with van der Waals surface area (Å²) in [7, 11) is 0. The molecule has 0 aliphatic carbocycles. The van der Waals surface area contributed by atoms with E-state index in [9.17, 15) is 4.39 Å². The minimum atomic E-state index is -0.184. The zero-order chi connectivity index (χ0) is 10.4. The van der Waals surface area contributed by atoms with Crippen molar-refractivity contribution < 1.29 is 9.50 Å². The van der Waals surface area contributed by atoms with Crippen LogP contribution >= 0.6 is 0 Å². The van der Waals surface area contributed by atoms with Gasteiger partial charge >= 0.3 is 0 Å². The van der Waals surface area contributed by atoms with E-state index in [1.165, 1.54) is 6.07 Å². The van der Waals surface area contributed by atoms with Crippen molar-refractivity contribution in [2.24, 2.45) is 0 Å². The Balaban J connectivity index is 2.41. The van der Waals surface area contributed by atoms with Crippen LogP contribution in [0.4, 0.5) is 4.39 Å². The monoisotopic (exact) mass is 197 g/mol. The molecule has 0 aliphatic heterocycles. The highest BCUT2D eigenvalue weighted by atomic mass is 19.1. The standard InChI is InChI=1S/C11H16FNO/c1-9(6-7-14)13-8-10-4-2-3-5-11(10)12/h2-5,9,13-14H,6-8H2,1H3. The highest BCUT2D eigenvalue weighted by Gasteiger charge is 2.03. The predicted molar refractivity (Wildman–Crippen MR) is 54.4 cm³/mol. The molecule has 0 saturated carbocycles. The molecule has 2 nitrogen and oxygen atoms in total. The molecule has 0 fully saturated rings. The fourth-order valence-electron chi connectivity index (χ4n) is 1.22. The van der Waals surface area contributed by atoms with Crippen molar-refractivity contribution in [3.63, 3.8) is 0 Å². The summed E-state index contributed by atoms with van der Waals surface area (Å²) >= 11 is 0. The lowest BCUT2D eigenvalue weighted by Crippen LogP contribution is -2.26. The first-order chi connectivity index (χ1) is 6.74. The molecule has 1 atom stereocenters. The van der Waals surface area contributed by atoms with E-state index < -0.39 is 0 Å². The van der Waals surface area contributed by atoms with Crippen LogP contribution in [0.25, 0.3) is 0 Å². The summed E-state index contributed by atoms with van der Waals surface area (Å²) in [5, 5.41) is 11.8. The number of aliphatic hydroxyl groups excluding tert-OH is 1. The third-order valence-electron chi connectivity index (χ3n) is 2.16. The first kappa shape index (κ1) is 11.1. The lowest BCUT2D eigenvalue weighted by atomic mass is 10.2. The van der Waals surface area contributed by atoms with E-state index in [1.54, 1.807) is 12.1 Å². The summed E-state index contributed by atoms with van der Waals surface area (Å²) in [6.07, 6.45) is 0.689. The molecule has 0 saturated heterocycles. The predicted octanol–water partition coefficient (Wildman–Crippen LogP) is 1.69. The minimum Gasteiger partial charge on any atom is -0.396 e. The van der Waals surface area contributed by atoms with Crippen LogP contribution in [0.2, 0.25) is 0 Å². The van der Waals surface area contributed by atoms with Crippen molar-refractivity contribution in [1.29, 1.82) is 0 Å². The summed E-state index contributed by atoms with van der Waals surface area (Å²) in [6, 6.07) is 6.91. The number of aliphatic hydroxyl groups is 1. The maximum atomic E-state index is 13.1. The van der Waals surface area contributed by atoms with Crippen LogP contribution in [-0.4, -0.2) is 17.8 Å². The van der Waals surface area contributed by atoms with Gasteiger partial charge in [-0.15, -0.1) is 0 Å². The fourth-order valence-corrected chi connectivity index (χ4v) is 1.22. The lowest BCUT2D eigenvalue weighted by molar-refractivity contribution is 0.268. The van der Waals surface area contributed by atoms with Gasteiger partial charge in [0.2, 0.25) is 0 Å². The third kappa shape index (κ3) is 3.44. The van der Waals surface area contributed by atoms with Crippen LogP contribution in [0.5, 0.6) is 0 Å². The average molecular weight is 197 g/mol. The molecule has 0 aliphatic rings. The van der Waals surface area contributed by atoms with Gasteiger partial charge in [0.15, 0.2) is 0 Å². The van der Waals surface area contributed by atoms with Gasteiger partial charge in [-0.3, -0.25) is 0 Å². The molecule has 78 valence electrons. The number of halogens is 1. The topological polar surface area (TPSA) is 32.3 Å². The third-order valence-corrected chi connectivity index (χ3v) is 2.16. The van der Waals surface area contributed by atoms with Crippen molar-refractivity contribution in [2.45, 2.75) is 25.9 Å². The normalized spacial score (nSPS) is 12.8.